The van der Waals surface area contributed by atoms with E-state index < -0.39 is 103 Å². The number of halogens is 1. The summed E-state index contributed by atoms with van der Waals surface area (Å²) in [4.78, 5) is 64.5. The zero-order chi connectivity index (χ0) is 31.6. The first kappa shape index (κ1) is 34.5. The monoisotopic (exact) mass is 664 g/mol. The highest BCUT2D eigenvalue weighted by molar-refractivity contribution is 9.09. The molecule has 19 nitrogen and oxygen atoms in total. The number of carbonyl (C=O) groups is 5. The van der Waals surface area contributed by atoms with E-state index >= 15 is 0 Å². The highest BCUT2D eigenvalue weighted by Gasteiger charge is 2.53. The Hall–Kier alpha value is -3.67. The van der Waals surface area contributed by atoms with Gasteiger partial charge in [0.15, 0.2) is 30.7 Å². The van der Waals surface area contributed by atoms with Crippen molar-refractivity contribution in [3.63, 3.8) is 0 Å². The summed E-state index contributed by atoms with van der Waals surface area (Å²) in [5.74, 6) is -3.90. The van der Waals surface area contributed by atoms with Crippen molar-refractivity contribution in [1.82, 2.24) is 0 Å². The lowest BCUT2D eigenvalue weighted by Crippen LogP contribution is -2.62. The number of hydrogen-bond donors (Lipinski definition) is 0. The van der Waals surface area contributed by atoms with Gasteiger partial charge in [-0.05, 0) is 11.1 Å². The van der Waals surface area contributed by atoms with Gasteiger partial charge in [-0.3, -0.25) is 24.0 Å². The number of alkyl halides is 1. The van der Waals surface area contributed by atoms with Gasteiger partial charge in [-0.2, -0.15) is 0 Å². The predicted molar refractivity (Wildman–Crippen MR) is 137 cm³/mol. The Morgan fingerprint density at radius 2 is 1.10 bits per heavy atom. The van der Waals surface area contributed by atoms with E-state index in [4.69, 9.17) is 43.4 Å². The topological polar surface area (TPSA) is 257 Å². The molecule has 2 saturated heterocycles. The third-order valence-electron chi connectivity index (χ3n) is 5.67. The molecular formula is C22H29BrN6O13. The van der Waals surface area contributed by atoms with E-state index in [-0.39, 0.29) is 0 Å². The van der Waals surface area contributed by atoms with Crippen LogP contribution in [-0.2, 0) is 61.9 Å². The van der Waals surface area contributed by atoms with Gasteiger partial charge < -0.3 is 37.9 Å². The molecule has 10 atom stereocenters. The van der Waals surface area contributed by atoms with Crippen molar-refractivity contribution in [2.24, 2.45) is 10.2 Å². The average Bonchev–Trinajstić information content (AvgIpc) is 2.87. The second-order valence-electron chi connectivity index (χ2n) is 8.89. The number of rotatable bonds is 11. The van der Waals surface area contributed by atoms with Crippen LogP contribution >= 0.6 is 15.9 Å². The molecule has 42 heavy (non-hydrogen) atoms. The molecule has 0 unspecified atom stereocenters. The van der Waals surface area contributed by atoms with E-state index in [1.807, 2.05) is 0 Å². The zero-order valence-electron chi connectivity index (χ0n) is 23.1. The van der Waals surface area contributed by atoms with Crippen LogP contribution in [0.3, 0.4) is 0 Å². The Kier molecular flexibility index (Phi) is 13.2. The number of hydrogen-bond acceptors (Lipinski definition) is 15. The maximum Gasteiger partial charge on any atom is 0.303 e. The van der Waals surface area contributed by atoms with E-state index in [0.717, 1.165) is 34.6 Å². The molecule has 2 aliphatic rings. The summed E-state index contributed by atoms with van der Waals surface area (Å²) in [7, 11) is 0. The quantitative estimate of drug-likeness (QED) is 0.0758. The van der Waals surface area contributed by atoms with Crippen LogP contribution in [0.5, 0.6) is 0 Å². The standard InChI is InChI=1S/C22H29BrN6O13/c1-8(30)35-6-14-18(38-10(3)32)20(40-12(5)34)16(27-29-25)22(42-14)36-7-13-17(37-9(2)31)19(39-11(4)33)15(26-28-24)21(23)41-13/h13-22H,6-7H2,1-5H3/t13-,14-,15-,16-,17+,18+,19-,20-,21+,22+/m1/s1. The summed E-state index contributed by atoms with van der Waals surface area (Å²) < 4.78 is 43.8. The maximum absolute atomic E-state index is 12.0. The van der Waals surface area contributed by atoms with Crippen LogP contribution in [-0.4, -0.2) is 103 Å². The summed E-state index contributed by atoms with van der Waals surface area (Å²) in [6.45, 7) is 4.49. The molecule has 0 aromatic heterocycles. The summed E-state index contributed by atoms with van der Waals surface area (Å²) in [5.41, 5.74) is 18.2. The number of azide groups is 2. The second kappa shape index (κ2) is 16.1. The van der Waals surface area contributed by atoms with Gasteiger partial charge in [-0.15, -0.1) is 0 Å². The molecule has 20 heteroatoms. The van der Waals surface area contributed by atoms with E-state index in [1.54, 1.807) is 0 Å². The van der Waals surface area contributed by atoms with Gasteiger partial charge in [-0.1, -0.05) is 26.2 Å². The maximum atomic E-state index is 12.0. The first-order chi connectivity index (χ1) is 19.8. The van der Waals surface area contributed by atoms with Gasteiger partial charge in [0.05, 0.1) is 6.61 Å². The predicted octanol–water partition coefficient (Wildman–Crippen LogP) is 1.50. The first-order valence-corrected chi connectivity index (χ1v) is 13.2. The lowest BCUT2D eigenvalue weighted by atomic mass is 9.96. The third-order valence-corrected chi connectivity index (χ3v) is 6.43. The van der Waals surface area contributed by atoms with Crippen LogP contribution in [0, 0.1) is 0 Å². The normalized spacial score (nSPS) is 32.1. The van der Waals surface area contributed by atoms with Crippen molar-refractivity contribution < 1.29 is 61.9 Å². The van der Waals surface area contributed by atoms with Crippen molar-refractivity contribution in [1.29, 1.82) is 0 Å². The van der Waals surface area contributed by atoms with Gasteiger partial charge in [0, 0.05) is 44.4 Å². The fourth-order valence-electron chi connectivity index (χ4n) is 4.25. The number of ether oxygens (including phenoxy) is 8. The smallest absolute Gasteiger partial charge is 0.303 e. The number of nitrogens with zero attached hydrogens (tertiary/aromatic N) is 6. The molecule has 0 amide bonds. The Labute approximate surface area is 246 Å². The lowest BCUT2D eigenvalue weighted by Gasteiger charge is -2.45. The first-order valence-electron chi connectivity index (χ1n) is 12.3. The molecule has 2 heterocycles. The van der Waals surface area contributed by atoms with Crippen molar-refractivity contribution in [3.05, 3.63) is 20.9 Å². The Bertz CT molecular complexity index is 1130. The minimum atomic E-state index is -1.53. The Balaban J connectivity index is 2.45. The van der Waals surface area contributed by atoms with E-state index in [9.17, 15) is 29.5 Å². The minimum Gasteiger partial charge on any atom is -0.463 e. The van der Waals surface area contributed by atoms with Crippen LogP contribution in [0.15, 0.2) is 10.2 Å². The van der Waals surface area contributed by atoms with Crippen molar-refractivity contribution in [2.75, 3.05) is 13.2 Å². The number of esters is 5. The molecule has 0 aromatic carbocycles. The molecular weight excluding hydrogens is 636 g/mol. The van der Waals surface area contributed by atoms with Crippen molar-refractivity contribution >= 4 is 45.8 Å². The molecule has 0 bridgehead atoms. The summed E-state index contributed by atoms with van der Waals surface area (Å²) in [6.07, 6.45) is -9.50. The zero-order valence-corrected chi connectivity index (χ0v) is 24.6. The van der Waals surface area contributed by atoms with Crippen LogP contribution in [0.25, 0.3) is 20.9 Å². The summed E-state index contributed by atoms with van der Waals surface area (Å²) in [6, 6.07) is -2.61. The lowest BCUT2D eigenvalue weighted by molar-refractivity contribution is -0.285. The molecule has 2 rings (SSSR count). The third kappa shape index (κ3) is 9.71. The molecule has 232 valence electrons. The van der Waals surface area contributed by atoms with Crippen LogP contribution in [0.1, 0.15) is 34.6 Å². The molecule has 2 aliphatic heterocycles. The van der Waals surface area contributed by atoms with Crippen LogP contribution < -0.4 is 0 Å². The van der Waals surface area contributed by atoms with E-state index in [1.165, 1.54) is 0 Å². The molecule has 0 aromatic rings. The van der Waals surface area contributed by atoms with E-state index in [2.05, 4.69) is 36.0 Å². The van der Waals surface area contributed by atoms with Crippen LogP contribution in [0.4, 0.5) is 0 Å². The van der Waals surface area contributed by atoms with Crippen LogP contribution in [0.2, 0.25) is 0 Å². The highest BCUT2D eigenvalue weighted by atomic mass is 79.9. The average molecular weight is 665 g/mol. The fraction of sp³-hybridized carbons (Fsp3) is 0.773. The Morgan fingerprint density at radius 1 is 0.667 bits per heavy atom. The molecule has 0 spiro atoms. The molecule has 0 saturated carbocycles. The van der Waals surface area contributed by atoms with Gasteiger partial charge in [-0.25, -0.2) is 0 Å². The van der Waals surface area contributed by atoms with Gasteiger partial charge in [0.25, 0.3) is 0 Å². The minimum absolute atomic E-state index is 0.476. The molecule has 0 radical (unpaired) electrons. The highest BCUT2D eigenvalue weighted by Crippen LogP contribution is 2.34. The van der Waals surface area contributed by atoms with Gasteiger partial charge >= 0.3 is 29.8 Å². The summed E-state index contributed by atoms with van der Waals surface area (Å²) >= 11 is 3.21. The van der Waals surface area contributed by atoms with Gasteiger partial charge in [0.1, 0.15) is 35.9 Å². The SMILES string of the molecule is CC(=O)OC[C@H]1O[C@H](OC[C@H]2O[C@H](Br)[C@H](N=[N+]=[N-])[C@@H](OC(C)=O)[C@H]2OC(C)=O)[C@H](N=[N+]=[N-])[C@@H](OC(C)=O)[C@H]1OC(C)=O. The summed E-state index contributed by atoms with van der Waals surface area (Å²) in [5, 5.41) is 6.15. The van der Waals surface area contributed by atoms with Crippen molar-refractivity contribution in [2.45, 2.75) is 94.6 Å². The largest absolute Gasteiger partial charge is 0.463 e. The Morgan fingerprint density at radius 3 is 1.55 bits per heavy atom. The molecule has 0 N–H and O–H groups in total. The number of carbonyl (C=O) groups excluding carboxylic acids is 5. The van der Waals surface area contributed by atoms with Gasteiger partial charge in [0.2, 0.25) is 0 Å². The van der Waals surface area contributed by atoms with E-state index in [0.29, 0.717) is 0 Å². The fourth-order valence-corrected chi connectivity index (χ4v) is 4.93. The molecule has 2 fully saturated rings. The van der Waals surface area contributed by atoms with Crippen molar-refractivity contribution in [3.8, 4) is 0 Å². The molecule has 0 aliphatic carbocycles. The second-order valence-corrected chi connectivity index (χ2v) is 9.79.